The summed E-state index contributed by atoms with van der Waals surface area (Å²) in [5.74, 6) is -1.67. The number of fused-ring (bicyclic) bond motifs is 1. The first-order chi connectivity index (χ1) is 14.4. The third-order valence-electron chi connectivity index (χ3n) is 3.94. The van der Waals surface area contributed by atoms with Crippen LogP contribution in [0.3, 0.4) is 0 Å². The fourth-order valence-electron chi connectivity index (χ4n) is 2.85. The number of aromatic nitrogens is 1. The van der Waals surface area contributed by atoms with E-state index in [4.69, 9.17) is 16.7 Å². The molecule has 164 valence electrons. The van der Waals surface area contributed by atoms with E-state index in [0.29, 0.717) is 16.1 Å². The van der Waals surface area contributed by atoms with Crippen molar-refractivity contribution in [3.63, 3.8) is 0 Å². The van der Waals surface area contributed by atoms with Gasteiger partial charge in [-0.15, -0.1) is 12.8 Å². The number of nitrogens with zero attached hydrogens (tertiary/aromatic N) is 1. The summed E-state index contributed by atoms with van der Waals surface area (Å²) in [6.45, 7) is 5.23. The number of aliphatic carboxylic acids is 1. The molecule has 0 unspecified atom stereocenters. The van der Waals surface area contributed by atoms with Gasteiger partial charge in [-0.05, 0) is 50.6 Å². The van der Waals surface area contributed by atoms with E-state index in [-0.39, 0.29) is 16.5 Å². The summed E-state index contributed by atoms with van der Waals surface area (Å²) in [7, 11) is 1.49. The van der Waals surface area contributed by atoms with Crippen molar-refractivity contribution in [2.24, 2.45) is 7.05 Å². The van der Waals surface area contributed by atoms with Crippen molar-refractivity contribution in [2.75, 3.05) is 0 Å². The van der Waals surface area contributed by atoms with Gasteiger partial charge in [-0.3, -0.25) is 9.59 Å². The predicted molar refractivity (Wildman–Crippen MR) is 123 cm³/mol. The number of hydrogen-bond acceptors (Lipinski definition) is 3. The number of carboxylic acid groups (broad SMARTS) is 1. The van der Waals surface area contributed by atoms with Crippen molar-refractivity contribution in [3.05, 3.63) is 69.4 Å². The van der Waals surface area contributed by atoms with Gasteiger partial charge in [0.2, 0.25) is 0 Å². The minimum absolute atomic E-state index is 0.124. The minimum atomic E-state index is -1.10. The number of aliphatic hydroxyl groups is 1. The first kappa shape index (κ1) is 25.9. The lowest BCUT2D eigenvalue weighted by atomic mass is 9.95. The zero-order valence-electron chi connectivity index (χ0n) is 17.8. The molecule has 31 heavy (non-hydrogen) atoms. The highest BCUT2D eigenvalue weighted by Gasteiger charge is 2.20. The van der Waals surface area contributed by atoms with Gasteiger partial charge in [0, 0.05) is 28.7 Å². The maximum Gasteiger partial charge on any atom is 0.309 e. The van der Waals surface area contributed by atoms with Gasteiger partial charge in [-0.2, -0.15) is 0 Å². The second-order valence-electron chi connectivity index (χ2n) is 7.60. The Labute approximate surface area is 185 Å². The Morgan fingerprint density at radius 1 is 1.13 bits per heavy atom. The minimum Gasteiger partial charge on any atom is -0.481 e. The fraction of sp³-hybridized carbons (Fsp3) is 0.250. The number of benzene rings is 2. The summed E-state index contributed by atoms with van der Waals surface area (Å²) in [6, 6.07) is 10.9. The average molecular weight is 446 g/mol. The van der Waals surface area contributed by atoms with Crippen LogP contribution in [0, 0.1) is 18.7 Å². The second-order valence-corrected chi connectivity index (χ2v) is 8.03. The zero-order chi connectivity index (χ0) is 23.9. The zero-order valence-corrected chi connectivity index (χ0v) is 18.6. The van der Waals surface area contributed by atoms with Gasteiger partial charge in [0.05, 0.1) is 17.4 Å². The molecule has 0 aliphatic rings. The van der Waals surface area contributed by atoms with Crippen LogP contribution in [-0.4, -0.2) is 26.4 Å². The van der Waals surface area contributed by atoms with Crippen LogP contribution in [0.1, 0.15) is 26.5 Å². The molecule has 0 radical (unpaired) electrons. The summed E-state index contributed by atoms with van der Waals surface area (Å²) in [5.41, 5.74) is 0.302. The van der Waals surface area contributed by atoms with E-state index in [1.807, 2.05) is 0 Å². The maximum absolute atomic E-state index is 14.5. The molecule has 2 N–H and O–H groups in total. The van der Waals surface area contributed by atoms with E-state index in [2.05, 4.69) is 12.8 Å². The topological polar surface area (TPSA) is 79.5 Å². The molecule has 1 heterocycles. The van der Waals surface area contributed by atoms with Crippen LogP contribution in [0.15, 0.2) is 47.3 Å². The van der Waals surface area contributed by atoms with Crippen LogP contribution in [0.25, 0.3) is 21.9 Å². The normalized spacial score (nSPS) is 10.5. The molecule has 3 aromatic rings. The molecule has 0 atom stereocenters. The Kier molecular flexibility index (Phi) is 8.99. The molecule has 1 aromatic heterocycles. The van der Waals surface area contributed by atoms with Gasteiger partial charge in [-0.1, -0.05) is 29.8 Å². The van der Waals surface area contributed by atoms with Crippen molar-refractivity contribution < 1.29 is 19.4 Å². The van der Waals surface area contributed by atoms with Crippen LogP contribution in [-0.2, 0) is 18.3 Å². The first-order valence-corrected chi connectivity index (χ1v) is 9.61. The van der Waals surface area contributed by atoms with Crippen LogP contribution in [0.2, 0.25) is 5.02 Å². The summed E-state index contributed by atoms with van der Waals surface area (Å²) < 4.78 is 15.8. The van der Waals surface area contributed by atoms with Gasteiger partial charge >= 0.3 is 5.97 Å². The van der Waals surface area contributed by atoms with Crippen LogP contribution >= 0.6 is 11.6 Å². The van der Waals surface area contributed by atoms with Crippen molar-refractivity contribution in [1.82, 2.24) is 4.57 Å². The number of carbonyl (C=O) groups is 1. The molecule has 2 aromatic carbocycles. The highest BCUT2D eigenvalue weighted by molar-refractivity contribution is 6.30. The molecule has 0 saturated heterocycles. The molecule has 0 aliphatic carbocycles. The number of pyridine rings is 1. The molecule has 0 bridgehead atoms. The van der Waals surface area contributed by atoms with E-state index >= 15 is 0 Å². The van der Waals surface area contributed by atoms with Crippen LogP contribution in [0.5, 0.6) is 0 Å². The van der Waals surface area contributed by atoms with Crippen LogP contribution in [0.4, 0.5) is 4.39 Å². The van der Waals surface area contributed by atoms with E-state index in [9.17, 15) is 19.1 Å². The van der Waals surface area contributed by atoms with Gasteiger partial charge < -0.3 is 14.8 Å². The Morgan fingerprint density at radius 2 is 1.65 bits per heavy atom. The molecule has 0 fully saturated rings. The van der Waals surface area contributed by atoms with Gasteiger partial charge in [-0.25, -0.2) is 4.39 Å². The smallest absolute Gasteiger partial charge is 0.309 e. The quantitative estimate of drug-likeness (QED) is 0.575. The van der Waals surface area contributed by atoms with E-state index in [1.165, 1.54) is 29.8 Å². The monoisotopic (exact) mass is 445 g/mol. The summed E-state index contributed by atoms with van der Waals surface area (Å²) in [6.07, 6.45) is 7.61. The number of rotatable bonds is 3. The Bertz CT molecular complexity index is 1140. The van der Waals surface area contributed by atoms with Gasteiger partial charge in [0.15, 0.2) is 0 Å². The first-order valence-electron chi connectivity index (χ1n) is 9.23. The van der Waals surface area contributed by atoms with Crippen molar-refractivity contribution in [1.29, 1.82) is 0 Å². The number of terminal acetylenes is 1. The Morgan fingerprint density at radius 3 is 2.13 bits per heavy atom. The van der Waals surface area contributed by atoms with E-state index in [1.54, 1.807) is 45.0 Å². The van der Waals surface area contributed by atoms with E-state index < -0.39 is 29.4 Å². The molecule has 5 nitrogen and oxygen atoms in total. The standard InChI is InChI=1S/C18H13ClFNO3.C4H10O.C2H2/c1-21-14(9-15(22)23)16(10-5-7-11(19)8-6-10)17-12(18(21)24)3-2-4-13(17)20;1-4(2,3)5;1-2/h2-8H,9H2,1H3,(H,22,23);5H,1-3H3;1-2H. The molecular weight excluding hydrogens is 421 g/mol. The number of carboxylic acids is 1. The fourth-order valence-corrected chi connectivity index (χ4v) is 2.98. The molecular formula is C24H25ClFNO4. The number of hydrogen-bond donors (Lipinski definition) is 2. The predicted octanol–water partition coefficient (Wildman–Crippen LogP) is 4.65. The highest BCUT2D eigenvalue weighted by atomic mass is 35.5. The molecule has 0 spiro atoms. The SMILES string of the molecule is C#C.CC(C)(C)O.Cn1c(CC(=O)O)c(-c2ccc(Cl)cc2)c2c(F)cccc2c1=O. The summed E-state index contributed by atoms with van der Waals surface area (Å²) in [4.78, 5) is 23.8. The third-order valence-corrected chi connectivity index (χ3v) is 4.20. The Hall–Kier alpha value is -3.14. The highest BCUT2D eigenvalue weighted by Crippen LogP contribution is 2.33. The summed E-state index contributed by atoms with van der Waals surface area (Å²) >= 11 is 5.91. The van der Waals surface area contributed by atoms with Crippen molar-refractivity contribution in [3.8, 4) is 24.0 Å². The van der Waals surface area contributed by atoms with Crippen molar-refractivity contribution >= 4 is 28.3 Å². The second kappa shape index (κ2) is 10.8. The molecule has 0 saturated carbocycles. The van der Waals surface area contributed by atoms with E-state index in [0.717, 1.165) is 0 Å². The largest absolute Gasteiger partial charge is 0.481 e. The molecule has 3 rings (SSSR count). The van der Waals surface area contributed by atoms with Crippen molar-refractivity contribution in [2.45, 2.75) is 32.8 Å². The van der Waals surface area contributed by atoms with Gasteiger partial charge in [0.25, 0.3) is 5.56 Å². The maximum atomic E-state index is 14.5. The third kappa shape index (κ3) is 6.95. The van der Waals surface area contributed by atoms with Gasteiger partial charge in [0.1, 0.15) is 5.82 Å². The molecule has 7 heteroatoms. The lowest BCUT2D eigenvalue weighted by Gasteiger charge is -2.17. The Balaban J connectivity index is 0.000000605. The summed E-state index contributed by atoms with van der Waals surface area (Å²) in [5, 5.41) is 18.6. The lowest BCUT2D eigenvalue weighted by Crippen LogP contribution is -2.24. The number of halogens is 2. The molecule has 0 aliphatic heterocycles. The molecule has 0 amide bonds. The van der Waals surface area contributed by atoms with Crippen LogP contribution < -0.4 is 5.56 Å². The lowest BCUT2D eigenvalue weighted by molar-refractivity contribution is -0.136. The average Bonchev–Trinajstić information content (AvgIpc) is 2.68.